The van der Waals surface area contributed by atoms with Crippen LogP contribution >= 0.6 is 0 Å². The average Bonchev–Trinajstić information content (AvgIpc) is 2.62. The second-order valence-electron chi connectivity index (χ2n) is 6.35. The molecule has 0 aromatic heterocycles. The number of ketones is 1. The van der Waals surface area contributed by atoms with E-state index in [4.69, 9.17) is 4.74 Å². The van der Waals surface area contributed by atoms with Crippen molar-refractivity contribution in [3.8, 4) is 0 Å². The quantitative estimate of drug-likeness (QED) is 0.707. The van der Waals surface area contributed by atoms with Crippen molar-refractivity contribution >= 4 is 11.8 Å². The fourth-order valence-electron chi connectivity index (χ4n) is 4.97. The first kappa shape index (κ1) is 11.2. The Hall–Kier alpha value is -0.860. The molecule has 0 aromatic carbocycles. The van der Waals surface area contributed by atoms with Crippen molar-refractivity contribution in [2.75, 3.05) is 0 Å². The number of rotatable bonds is 3. The first-order valence-electron chi connectivity index (χ1n) is 6.71. The number of carbonyl (C=O) groups is 2. The van der Waals surface area contributed by atoms with Crippen LogP contribution in [0.15, 0.2) is 0 Å². The normalized spacial score (nSPS) is 46.2. The molecule has 0 radical (unpaired) electrons. The van der Waals surface area contributed by atoms with Crippen molar-refractivity contribution in [2.24, 2.45) is 17.3 Å². The van der Waals surface area contributed by atoms with E-state index >= 15 is 0 Å². The molecule has 3 heteroatoms. The molecule has 0 spiro atoms. The molecule has 2 unspecified atom stereocenters. The van der Waals surface area contributed by atoms with Gasteiger partial charge in [-0.3, -0.25) is 9.59 Å². The van der Waals surface area contributed by atoms with E-state index in [-0.39, 0.29) is 17.0 Å². The van der Waals surface area contributed by atoms with Gasteiger partial charge in [0, 0.05) is 18.8 Å². The van der Waals surface area contributed by atoms with E-state index in [1.807, 2.05) is 6.92 Å². The predicted octanol–water partition coefficient (Wildman–Crippen LogP) is 2.48. The lowest BCUT2D eigenvalue weighted by molar-refractivity contribution is -0.168. The Morgan fingerprint density at radius 3 is 2.24 bits per heavy atom. The van der Waals surface area contributed by atoms with Gasteiger partial charge in [-0.05, 0) is 43.9 Å². The van der Waals surface area contributed by atoms with Gasteiger partial charge in [-0.2, -0.15) is 0 Å². The van der Waals surface area contributed by atoms with Crippen LogP contribution in [0, 0.1) is 17.3 Å². The third kappa shape index (κ3) is 1.47. The van der Waals surface area contributed by atoms with Crippen LogP contribution in [0.1, 0.15) is 52.4 Å². The summed E-state index contributed by atoms with van der Waals surface area (Å²) in [5.74, 6) is 1.45. The number of Topliss-reactive ketones (excluding diaryl/α,β-unsaturated/α-hetero) is 1. The van der Waals surface area contributed by atoms with Gasteiger partial charge in [0.1, 0.15) is 11.4 Å². The molecule has 4 fully saturated rings. The molecule has 0 saturated heterocycles. The van der Waals surface area contributed by atoms with E-state index in [0.717, 1.165) is 32.1 Å². The molecule has 4 aliphatic carbocycles. The monoisotopic (exact) mass is 236 g/mol. The van der Waals surface area contributed by atoms with Crippen LogP contribution in [-0.2, 0) is 14.3 Å². The second-order valence-corrected chi connectivity index (χ2v) is 6.35. The second kappa shape index (κ2) is 3.33. The van der Waals surface area contributed by atoms with Gasteiger partial charge in [0.05, 0.1) is 0 Å². The number of carbonyl (C=O) groups excluding carboxylic acids is 2. The molecular weight excluding hydrogens is 216 g/mol. The van der Waals surface area contributed by atoms with Crippen molar-refractivity contribution < 1.29 is 14.3 Å². The maximum absolute atomic E-state index is 12.2. The average molecular weight is 236 g/mol. The van der Waals surface area contributed by atoms with Crippen LogP contribution in [0.5, 0.6) is 0 Å². The van der Waals surface area contributed by atoms with Crippen LogP contribution in [0.3, 0.4) is 0 Å². The molecule has 4 saturated carbocycles. The van der Waals surface area contributed by atoms with Gasteiger partial charge >= 0.3 is 5.97 Å². The SMILES string of the molecule is CCC(=O)C12CC3CC(OC(C)=O)(CC3C1)C2. The van der Waals surface area contributed by atoms with Crippen LogP contribution < -0.4 is 0 Å². The lowest BCUT2D eigenvalue weighted by Gasteiger charge is -2.44. The topological polar surface area (TPSA) is 43.4 Å². The number of ether oxygens (including phenoxy) is 1. The fraction of sp³-hybridized carbons (Fsp3) is 0.857. The number of hydrogen-bond donors (Lipinski definition) is 0. The van der Waals surface area contributed by atoms with Crippen LogP contribution in [-0.4, -0.2) is 17.4 Å². The van der Waals surface area contributed by atoms with Gasteiger partial charge in [-0.1, -0.05) is 6.92 Å². The highest BCUT2D eigenvalue weighted by Crippen LogP contribution is 2.67. The summed E-state index contributed by atoms with van der Waals surface area (Å²) in [4.78, 5) is 23.5. The number of hydrogen-bond acceptors (Lipinski definition) is 3. The van der Waals surface area contributed by atoms with Gasteiger partial charge in [-0.25, -0.2) is 0 Å². The first-order valence-corrected chi connectivity index (χ1v) is 6.71. The zero-order valence-corrected chi connectivity index (χ0v) is 10.6. The molecule has 0 aliphatic heterocycles. The zero-order valence-electron chi connectivity index (χ0n) is 10.6. The van der Waals surface area contributed by atoms with Gasteiger partial charge < -0.3 is 4.74 Å². The third-order valence-electron chi connectivity index (χ3n) is 5.17. The van der Waals surface area contributed by atoms with Crippen LogP contribution in [0.2, 0.25) is 0 Å². The molecule has 17 heavy (non-hydrogen) atoms. The van der Waals surface area contributed by atoms with E-state index in [1.54, 1.807) is 0 Å². The Bertz CT molecular complexity index is 371. The molecule has 0 heterocycles. The summed E-state index contributed by atoms with van der Waals surface area (Å²) in [5, 5.41) is 0. The zero-order chi connectivity index (χ0) is 12.3. The molecule has 0 aromatic rings. The summed E-state index contributed by atoms with van der Waals surface area (Å²) in [7, 11) is 0. The van der Waals surface area contributed by atoms with Crippen molar-refractivity contribution in [2.45, 2.75) is 58.0 Å². The molecule has 0 amide bonds. The standard InChI is InChI=1S/C14H20O3/c1-3-12(16)13-4-10-6-14(8-13,17-9(2)15)7-11(10)5-13/h10-11H,3-8H2,1-2H3. The first-order chi connectivity index (χ1) is 7.99. The summed E-state index contributed by atoms with van der Waals surface area (Å²) in [5.41, 5.74) is -0.432. The van der Waals surface area contributed by atoms with E-state index < -0.39 is 0 Å². The minimum absolute atomic E-state index is 0.143. The maximum Gasteiger partial charge on any atom is 0.303 e. The molecule has 0 N–H and O–H groups in total. The van der Waals surface area contributed by atoms with E-state index in [9.17, 15) is 9.59 Å². The smallest absolute Gasteiger partial charge is 0.303 e. The Kier molecular flexibility index (Phi) is 2.20. The summed E-state index contributed by atoms with van der Waals surface area (Å²) >= 11 is 0. The Morgan fingerprint density at radius 1 is 1.18 bits per heavy atom. The lowest BCUT2D eigenvalue weighted by Crippen LogP contribution is -2.46. The van der Waals surface area contributed by atoms with Gasteiger partial charge in [-0.15, -0.1) is 0 Å². The van der Waals surface area contributed by atoms with Crippen molar-refractivity contribution in [1.29, 1.82) is 0 Å². The Balaban J connectivity index is 1.89. The fourth-order valence-corrected chi connectivity index (χ4v) is 4.97. The molecule has 3 nitrogen and oxygen atoms in total. The van der Waals surface area contributed by atoms with Gasteiger partial charge in [0.2, 0.25) is 0 Å². The van der Waals surface area contributed by atoms with Gasteiger partial charge in [0.15, 0.2) is 0 Å². The molecule has 4 rings (SSSR count). The highest BCUT2D eigenvalue weighted by Gasteiger charge is 2.65. The maximum atomic E-state index is 12.2. The largest absolute Gasteiger partial charge is 0.459 e. The summed E-state index contributed by atoms with van der Waals surface area (Å²) in [6.45, 7) is 3.43. The van der Waals surface area contributed by atoms with E-state index in [1.165, 1.54) is 6.92 Å². The molecular formula is C14H20O3. The van der Waals surface area contributed by atoms with E-state index in [0.29, 0.717) is 24.0 Å². The van der Waals surface area contributed by atoms with E-state index in [2.05, 4.69) is 0 Å². The third-order valence-corrected chi connectivity index (χ3v) is 5.17. The highest BCUT2D eigenvalue weighted by molar-refractivity contribution is 5.85. The summed E-state index contributed by atoms with van der Waals surface area (Å²) in [6, 6.07) is 0. The summed E-state index contributed by atoms with van der Waals surface area (Å²) in [6.07, 6.45) is 5.50. The van der Waals surface area contributed by atoms with Crippen molar-refractivity contribution in [1.82, 2.24) is 0 Å². The highest BCUT2D eigenvalue weighted by atomic mass is 16.6. The van der Waals surface area contributed by atoms with Crippen LogP contribution in [0.25, 0.3) is 0 Å². The predicted molar refractivity (Wildman–Crippen MR) is 62.3 cm³/mol. The van der Waals surface area contributed by atoms with Gasteiger partial charge in [0.25, 0.3) is 0 Å². The number of esters is 1. The minimum atomic E-state index is -0.289. The molecule has 2 atom stereocenters. The Morgan fingerprint density at radius 2 is 1.76 bits per heavy atom. The molecule has 4 aliphatic rings. The summed E-state index contributed by atoms with van der Waals surface area (Å²) < 4.78 is 5.60. The Labute approximate surface area is 102 Å². The molecule has 94 valence electrons. The lowest BCUT2D eigenvalue weighted by atomic mass is 9.64. The van der Waals surface area contributed by atoms with Crippen molar-refractivity contribution in [3.63, 3.8) is 0 Å². The minimum Gasteiger partial charge on any atom is -0.459 e. The molecule has 4 bridgehead atoms. The van der Waals surface area contributed by atoms with Crippen LogP contribution in [0.4, 0.5) is 0 Å². The van der Waals surface area contributed by atoms with Crippen molar-refractivity contribution in [3.05, 3.63) is 0 Å².